The lowest BCUT2D eigenvalue weighted by Crippen LogP contribution is -2.49. The lowest BCUT2D eigenvalue weighted by Gasteiger charge is -2.20. The summed E-state index contributed by atoms with van der Waals surface area (Å²) in [6.07, 6.45) is 0. The molecule has 2 rings (SSSR count). The molecule has 0 aliphatic carbocycles. The van der Waals surface area contributed by atoms with E-state index >= 15 is 0 Å². The summed E-state index contributed by atoms with van der Waals surface area (Å²) >= 11 is 1.30. The van der Waals surface area contributed by atoms with Gasteiger partial charge in [-0.2, -0.15) is 0 Å². The van der Waals surface area contributed by atoms with Gasteiger partial charge in [-0.15, -0.1) is 11.3 Å². The van der Waals surface area contributed by atoms with Crippen LogP contribution >= 0.6 is 11.3 Å². The van der Waals surface area contributed by atoms with Crippen molar-refractivity contribution >= 4 is 23.2 Å². The van der Waals surface area contributed by atoms with Crippen LogP contribution < -0.4 is 5.32 Å². The van der Waals surface area contributed by atoms with E-state index in [1.807, 2.05) is 41.8 Å². The second-order valence-electron chi connectivity index (χ2n) is 4.91. The minimum absolute atomic E-state index is 0.369. The molecule has 1 aromatic carbocycles. The molecule has 0 unspecified atom stereocenters. The highest BCUT2D eigenvalue weighted by molar-refractivity contribution is 7.12. The number of hydrogen-bond donors (Lipinski definition) is 2. The maximum Gasteiger partial charge on any atom is 0.328 e. The van der Waals surface area contributed by atoms with E-state index < -0.39 is 11.5 Å². The van der Waals surface area contributed by atoms with Crippen molar-refractivity contribution in [3.05, 3.63) is 46.7 Å². The molecule has 20 heavy (non-hydrogen) atoms. The number of hydrogen-bond acceptors (Lipinski definition) is 3. The molecular weight excluding hydrogens is 274 g/mol. The van der Waals surface area contributed by atoms with Gasteiger partial charge in [-0.3, -0.25) is 4.79 Å². The van der Waals surface area contributed by atoms with E-state index in [0.29, 0.717) is 4.88 Å². The van der Waals surface area contributed by atoms with E-state index in [-0.39, 0.29) is 5.91 Å². The molecule has 0 aliphatic heterocycles. The van der Waals surface area contributed by atoms with E-state index in [2.05, 4.69) is 5.32 Å². The molecule has 1 heterocycles. The fraction of sp³-hybridized carbons (Fsp3) is 0.200. The highest BCUT2D eigenvalue weighted by atomic mass is 32.1. The van der Waals surface area contributed by atoms with E-state index in [9.17, 15) is 9.59 Å². The van der Waals surface area contributed by atoms with Crippen LogP contribution in [0, 0.1) is 0 Å². The summed E-state index contributed by atoms with van der Waals surface area (Å²) in [5, 5.41) is 13.4. The van der Waals surface area contributed by atoms with Gasteiger partial charge < -0.3 is 10.4 Å². The molecule has 0 spiro atoms. The van der Waals surface area contributed by atoms with Crippen LogP contribution in [0.2, 0.25) is 0 Å². The third kappa shape index (κ3) is 2.88. The standard InChI is InChI=1S/C15H15NO3S/c1-15(2,14(18)19)16-13(17)12-11(8-9-20-12)10-6-4-3-5-7-10/h3-9H,1-2H3,(H,16,17)(H,18,19). The lowest BCUT2D eigenvalue weighted by atomic mass is 10.0. The van der Waals surface area contributed by atoms with Gasteiger partial charge in [0, 0.05) is 5.56 Å². The Morgan fingerprint density at radius 2 is 1.80 bits per heavy atom. The fourth-order valence-electron chi connectivity index (χ4n) is 1.72. The summed E-state index contributed by atoms with van der Waals surface area (Å²) < 4.78 is 0. The molecule has 1 aromatic heterocycles. The van der Waals surface area contributed by atoms with E-state index in [1.165, 1.54) is 25.2 Å². The van der Waals surface area contributed by atoms with Crippen LogP contribution in [0.5, 0.6) is 0 Å². The number of rotatable bonds is 4. The Morgan fingerprint density at radius 3 is 2.40 bits per heavy atom. The molecule has 2 N–H and O–H groups in total. The van der Waals surface area contributed by atoms with E-state index in [0.717, 1.165) is 11.1 Å². The number of carboxylic acids is 1. The molecule has 0 atom stereocenters. The predicted octanol–water partition coefficient (Wildman–Crippen LogP) is 3.01. The lowest BCUT2D eigenvalue weighted by molar-refractivity contribution is -0.143. The minimum Gasteiger partial charge on any atom is -0.480 e. The van der Waals surface area contributed by atoms with Crippen LogP contribution in [0.25, 0.3) is 11.1 Å². The van der Waals surface area contributed by atoms with Crippen LogP contribution in [-0.2, 0) is 4.79 Å². The fourth-order valence-corrected chi connectivity index (χ4v) is 2.54. The molecule has 5 heteroatoms. The minimum atomic E-state index is -1.30. The molecule has 2 aromatic rings. The molecule has 0 aliphatic rings. The number of thiophene rings is 1. The molecule has 4 nitrogen and oxygen atoms in total. The molecule has 0 radical (unpaired) electrons. The number of benzene rings is 1. The molecule has 104 valence electrons. The van der Waals surface area contributed by atoms with Gasteiger partial charge in [0.25, 0.3) is 5.91 Å². The van der Waals surface area contributed by atoms with Gasteiger partial charge in [0.1, 0.15) is 5.54 Å². The summed E-state index contributed by atoms with van der Waals surface area (Å²) in [7, 11) is 0. The third-order valence-electron chi connectivity index (χ3n) is 2.92. The van der Waals surface area contributed by atoms with Crippen molar-refractivity contribution in [3.63, 3.8) is 0 Å². The normalized spacial score (nSPS) is 11.1. The summed E-state index contributed by atoms with van der Waals surface area (Å²) in [6, 6.07) is 11.4. The van der Waals surface area contributed by atoms with Crippen LogP contribution in [0.3, 0.4) is 0 Å². The summed E-state index contributed by atoms with van der Waals surface area (Å²) in [5.74, 6) is -1.44. The van der Waals surface area contributed by atoms with Crippen molar-refractivity contribution in [1.29, 1.82) is 0 Å². The third-order valence-corrected chi connectivity index (χ3v) is 3.83. The highest BCUT2D eigenvalue weighted by Gasteiger charge is 2.30. The number of carbonyl (C=O) groups is 2. The van der Waals surface area contributed by atoms with Gasteiger partial charge in [0.15, 0.2) is 0 Å². The Labute approximate surface area is 121 Å². The highest BCUT2D eigenvalue weighted by Crippen LogP contribution is 2.28. The number of amides is 1. The average molecular weight is 289 g/mol. The largest absolute Gasteiger partial charge is 0.480 e. The average Bonchev–Trinajstić information content (AvgIpc) is 2.88. The van der Waals surface area contributed by atoms with Gasteiger partial charge in [-0.25, -0.2) is 4.79 Å². The molecule has 1 amide bonds. The summed E-state index contributed by atoms with van der Waals surface area (Å²) in [6.45, 7) is 2.92. The molecular formula is C15H15NO3S. The smallest absolute Gasteiger partial charge is 0.328 e. The molecule has 0 fully saturated rings. The zero-order valence-corrected chi connectivity index (χ0v) is 12.0. The SMILES string of the molecule is CC(C)(NC(=O)c1sccc1-c1ccccc1)C(=O)O. The maximum absolute atomic E-state index is 12.3. The number of aliphatic carboxylic acids is 1. The maximum atomic E-state index is 12.3. The summed E-state index contributed by atoms with van der Waals surface area (Å²) in [4.78, 5) is 23.8. The van der Waals surface area contributed by atoms with Gasteiger partial charge in [-0.1, -0.05) is 30.3 Å². The molecule has 0 bridgehead atoms. The second-order valence-corrected chi connectivity index (χ2v) is 5.83. The first-order valence-electron chi connectivity index (χ1n) is 6.10. The zero-order valence-electron chi connectivity index (χ0n) is 11.2. The van der Waals surface area contributed by atoms with Gasteiger partial charge in [0.05, 0.1) is 4.88 Å². The predicted molar refractivity (Wildman–Crippen MR) is 78.9 cm³/mol. The Bertz CT molecular complexity index is 632. The Morgan fingerprint density at radius 1 is 1.15 bits per heavy atom. The van der Waals surface area contributed by atoms with Crippen LogP contribution in [0.15, 0.2) is 41.8 Å². The van der Waals surface area contributed by atoms with Crippen LogP contribution in [0.4, 0.5) is 0 Å². The zero-order chi connectivity index (χ0) is 14.8. The Kier molecular flexibility index (Phi) is 3.90. The quantitative estimate of drug-likeness (QED) is 0.909. The Balaban J connectivity index is 2.29. The summed E-state index contributed by atoms with van der Waals surface area (Å²) in [5.41, 5.74) is 0.455. The van der Waals surface area contributed by atoms with Crippen molar-refractivity contribution in [2.45, 2.75) is 19.4 Å². The molecule has 0 saturated heterocycles. The van der Waals surface area contributed by atoms with Crippen molar-refractivity contribution in [2.24, 2.45) is 0 Å². The first-order chi connectivity index (χ1) is 9.42. The Hall–Kier alpha value is -2.14. The molecule has 0 saturated carbocycles. The van der Waals surface area contributed by atoms with Crippen molar-refractivity contribution in [1.82, 2.24) is 5.32 Å². The number of carbonyl (C=O) groups excluding carboxylic acids is 1. The van der Waals surface area contributed by atoms with Crippen LogP contribution in [0.1, 0.15) is 23.5 Å². The van der Waals surface area contributed by atoms with Gasteiger partial charge in [0.2, 0.25) is 0 Å². The first kappa shape index (κ1) is 14.3. The van der Waals surface area contributed by atoms with Crippen molar-refractivity contribution in [3.8, 4) is 11.1 Å². The monoisotopic (exact) mass is 289 g/mol. The number of carboxylic acid groups (broad SMARTS) is 1. The van der Waals surface area contributed by atoms with Gasteiger partial charge in [-0.05, 0) is 30.9 Å². The van der Waals surface area contributed by atoms with Crippen molar-refractivity contribution in [2.75, 3.05) is 0 Å². The number of nitrogens with one attached hydrogen (secondary N) is 1. The van der Waals surface area contributed by atoms with Crippen LogP contribution in [-0.4, -0.2) is 22.5 Å². The van der Waals surface area contributed by atoms with Gasteiger partial charge >= 0.3 is 5.97 Å². The first-order valence-corrected chi connectivity index (χ1v) is 6.98. The second kappa shape index (κ2) is 5.46. The van der Waals surface area contributed by atoms with E-state index in [4.69, 9.17) is 5.11 Å². The topological polar surface area (TPSA) is 66.4 Å². The van der Waals surface area contributed by atoms with Crippen molar-refractivity contribution < 1.29 is 14.7 Å². The van der Waals surface area contributed by atoms with E-state index in [1.54, 1.807) is 0 Å².